The molecule has 0 unspecified atom stereocenters. The molecule has 150 valence electrons. The summed E-state index contributed by atoms with van der Waals surface area (Å²) in [5.41, 5.74) is 3.66. The van der Waals surface area contributed by atoms with Gasteiger partial charge in [0.05, 0.1) is 17.3 Å². The quantitative estimate of drug-likeness (QED) is 0.644. The van der Waals surface area contributed by atoms with E-state index in [0.717, 1.165) is 53.1 Å². The van der Waals surface area contributed by atoms with Gasteiger partial charge in [-0.25, -0.2) is 9.97 Å². The maximum absolute atomic E-state index is 13.3. The van der Waals surface area contributed by atoms with Crippen LogP contribution in [-0.2, 0) is 0 Å². The number of aromatic nitrogens is 3. The van der Waals surface area contributed by atoms with E-state index in [9.17, 15) is 4.79 Å². The Morgan fingerprint density at radius 3 is 2.72 bits per heavy atom. The fraction of sp³-hybridized carbons (Fsp3) is 0.364. The van der Waals surface area contributed by atoms with Crippen LogP contribution in [0, 0.1) is 6.92 Å². The van der Waals surface area contributed by atoms with Gasteiger partial charge in [0, 0.05) is 55.1 Å². The van der Waals surface area contributed by atoms with Crippen LogP contribution in [0.1, 0.15) is 46.2 Å². The van der Waals surface area contributed by atoms with Gasteiger partial charge < -0.3 is 9.80 Å². The normalized spacial score (nSPS) is 16.7. The Balaban J connectivity index is 1.79. The number of nitrogens with zero attached hydrogens (tertiary/aromatic N) is 5. The fourth-order valence-electron chi connectivity index (χ4n) is 3.79. The number of likely N-dealkylation sites (tertiary alicyclic amines) is 1. The number of aryl methyl sites for hydroxylation is 1. The first-order valence-electron chi connectivity index (χ1n) is 9.85. The standard InChI is InChI=1S/C22H25N5OS/c1-15-12-17(14-29-15)21(28)27-11-5-4-6-19(27)20-18(16-7-9-23-10-8-16)13-24-22(25-20)26(2)3/h7-10,12-14,19H,4-6,11H2,1-3H3/t19-/m0/s1. The molecular weight excluding hydrogens is 382 g/mol. The zero-order valence-corrected chi connectivity index (χ0v) is 17.8. The highest BCUT2D eigenvalue weighted by Gasteiger charge is 2.32. The fourth-order valence-corrected chi connectivity index (χ4v) is 4.47. The molecular formula is C22H25N5OS. The summed E-state index contributed by atoms with van der Waals surface area (Å²) in [6, 6.07) is 5.85. The van der Waals surface area contributed by atoms with Crippen molar-refractivity contribution < 1.29 is 4.79 Å². The SMILES string of the molecule is Cc1cc(C(=O)N2CCCC[C@H]2c2nc(N(C)C)ncc2-c2ccncc2)cs1. The minimum absolute atomic E-state index is 0.0682. The first-order valence-corrected chi connectivity index (χ1v) is 10.7. The van der Waals surface area contributed by atoms with E-state index >= 15 is 0 Å². The van der Waals surface area contributed by atoms with E-state index in [1.54, 1.807) is 23.7 Å². The molecule has 1 aliphatic heterocycles. The van der Waals surface area contributed by atoms with E-state index in [4.69, 9.17) is 4.98 Å². The number of carbonyl (C=O) groups is 1. The summed E-state index contributed by atoms with van der Waals surface area (Å²) in [5, 5.41) is 1.96. The van der Waals surface area contributed by atoms with Gasteiger partial charge in [-0.15, -0.1) is 11.3 Å². The predicted molar refractivity (Wildman–Crippen MR) is 116 cm³/mol. The van der Waals surface area contributed by atoms with Crippen LogP contribution in [0.3, 0.4) is 0 Å². The number of hydrogen-bond acceptors (Lipinski definition) is 6. The first-order chi connectivity index (χ1) is 14.0. The van der Waals surface area contributed by atoms with Crippen molar-refractivity contribution in [2.24, 2.45) is 0 Å². The van der Waals surface area contributed by atoms with E-state index in [1.165, 1.54) is 0 Å². The Bertz CT molecular complexity index is 1000. The number of amides is 1. The Morgan fingerprint density at radius 1 is 1.24 bits per heavy atom. The van der Waals surface area contributed by atoms with Crippen molar-refractivity contribution in [1.29, 1.82) is 0 Å². The molecule has 0 spiro atoms. The van der Waals surface area contributed by atoms with Crippen molar-refractivity contribution in [1.82, 2.24) is 19.9 Å². The van der Waals surface area contributed by atoms with Crippen LogP contribution in [0.4, 0.5) is 5.95 Å². The highest BCUT2D eigenvalue weighted by atomic mass is 32.1. The van der Waals surface area contributed by atoms with Gasteiger partial charge in [0.15, 0.2) is 0 Å². The lowest BCUT2D eigenvalue weighted by atomic mass is 9.93. The van der Waals surface area contributed by atoms with Gasteiger partial charge in [-0.05, 0) is 49.9 Å². The zero-order valence-electron chi connectivity index (χ0n) is 17.0. The van der Waals surface area contributed by atoms with Crippen LogP contribution in [0.15, 0.2) is 42.2 Å². The third kappa shape index (κ3) is 4.00. The van der Waals surface area contributed by atoms with Crippen molar-refractivity contribution >= 4 is 23.2 Å². The maximum atomic E-state index is 13.3. The Labute approximate surface area is 175 Å². The van der Waals surface area contributed by atoms with Crippen molar-refractivity contribution in [3.05, 3.63) is 58.3 Å². The molecule has 1 amide bonds. The molecule has 4 heterocycles. The van der Waals surface area contributed by atoms with Crippen LogP contribution >= 0.6 is 11.3 Å². The van der Waals surface area contributed by atoms with Gasteiger partial charge in [0.1, 0.15) is 0 Å². The summed E-state index contributed by atoms with van der Waals surface area (Å²) < 4.78 is 0. The maximum Gasteiger partial charge on any atom is 0.255 e. The topological polar surface area (TPSA) is 62.2 Å². The van der Waals surface area contributed by atoms with Crippen molar-refractivity contribution in [3.8, 4) is 11.1 Å². The number of rotatable bonds is 4. The summed E-state index contributed by atoms with van der Waals surface area (Å²) in [6.45, 7) is 2.78. The molecule has 0 aromatic carbocycles. The van der Waals surface area contributed by atoms with Crippen LogP contribution in [0.2, 0.25) is 0 Å². The molecule has 0 saturated carbocycles. The molecule has 0 bridgehead atoms. The van der Waals surface area contributed by atoms with Crippen LogP contribution in [-0.4, -0.2) is 46.4 Å². The lowest BCUT2D eigenvalue weighted by Crippen LogP contribution is -2.39. The van der Waals surface area contributed by atoms with E-state index in [1.807, 2.05) is 60.6 Å². The third-order valence-electron chi connectivity index (χ3n) is 5.25. The second-order valence-electron chi connectivity index (χ2n) is 7.56. The number of hydrogen-bond donors (Lipinski definition) is 0. The van der Waals surface area contributed by atoms with E-state index in [2.05, 4.69) is 9.97 Å². The summed E-state index contributed by atoms with van der Waals surface area (Å²) in [7, 11) is 3.87. The number of pyridine rings is 1. The van der Waals surface area contributed by atoms with E-state index in [0.29, 0.717) is 5.95 Å². The molecule has 3 aromatic heterocycles. The minimum Gasteiger partial charge on any atom is -0.347 e. The average Bonchev–Trinajstić information content (AvgIpc) is 3.19. The lowest BCUT2D eigenvalue weighted by Gasteiger charge is -2.36. The molecule has 3 aromatic rings. The predicted octanol–water partition coefficient (Wildman–Crippen LogP) is 4.34. The molecule has 1 fully saturated rings. The Morgan fingerprint density at radius 2 is 2.03 bits per heavy atom. The van der Waals surface area contributed by atoms with Gasteiger partial charge in [-0.2, -0.15) is 0 Å². The van der Waals surface area contributed by atoms with Crippen LogP contribution in [0.25, 0.3) is 11.1 Å². The molecule has 0 aliphatic carbocycles. The monoisotopic (exact) mass is 407 g/mol. The van der Waals surface area contributed by atoms with Gasteiger partial charge in [-0.3, -0.25) is 9.78 Å². The molecule has 0 radical (unpaired) electrons. The largest absolute Gasteiger partial charge is 0.347 e. The summed E-state index contributed by atoms with van der Waals surface area (Å²) >= 11 is 1.61. The van der Waals surface area contributed by atoms with Crippen molar-refractivity contribution in [3.63, 3.8) is 0 Å². The van der Waals surface area contributed by atoms with Gasteiger partial charge in [0.25, 0.3) is 5.91 Å². The Kier molecular flexibility index (Phi) is 5.58. The first kappa shape index (κ1) is 19.5. The summed E-state index contributed by atoms with van der Waals surface area (Å²) in [4.78, 5) is 32.0. The van der Waals surface area contributed by atoms with Gasteiger partial charge in [-0.1, -0.05) is 0 Å². The second-order valence-corrected chi connectivity index (χ2v) is 8.67. The molecule has 6 nitrogen and oxygen atoms in total. The third-order valence-corrected chi connectivity index (χ3v) is 6.12. The second kappa shape index (κ2) is 8.29. The summed E-state index contributed by atoms with van der Waals surface area (Å²) in [6.07, 6.45) is 8.42. The molecule has 4 rings (SSSR count). The number of thiophene rings is 1. The highest BCUT2D eigenvalue weighted by Crippen LogP contribution is 2.37. The molecule has 0 N–H and O–H groups in total. The van der Waals surface area contributed by atoms with Gasteiger partial charge >= 0.3 is 0 Å². The van der Waals surface area contributed by atoms with E-state index < -0.39 is 0 Å². The molecule has 29 heavy (non-hydrogen) atoms. The zero-order chi connectivity index (χ0) is 20.4. The smallest absolute Gasteiger partial charge is 0.255 e. The Hall–Kier alpha value is -2.80. The minimum atomic E-state index is -0.0682. The number of anilines is 1. The molecule has 1 aliphatic rings. The molecule has 7 heteroatoms. The van der Waals surface area contributed by atoms with E-state index in [-0.39, 0.29) is 11.9 Å². The molecule has 1 atom stereocenters. The molecule has 1 saturated heterocycles. The number of piperidine rings is 1. The van der Waals surface area contributed by atoms with Crippen molar-refractivity contribution in [2.45, 2.75) is 32.2 Å². The summed E-state index contributed by atoms with van der Waals surface area (Å²) in [5.74, 6) is 0.743. The average molecular weight is 408 g/mol. The van der Waals surface area contributed by atoms with Gasteiger partial charge in [0.2, 0.25) is 5.95 Å². The van der Waals surface area contributed by atoms with Crippen LogP contribution in [0.5, 0.6) is 0 Å². The number of carbonyl (C=O) groups excluding carboxylic acids is 1. The van der Waals surface area contributed by atoms with Crippen LogP contribution < -0.4 is 4.90 Å². The highest BCUT2D eigenvalue weighted by molar-refractivity contribution is 7.10. The lowest BCUT2D eigenvalue weighted by molar-refractivity contribution is 0.0607. The van der Waals surface area contributed by atoms with Crippen molar-refractivity contribution in [2.75, 3.05) is 25.5 Å².